The van der Waals surface area contributed by atoms with Gasteiger partial charge in [0, 0.05) is 19.6 Å². The highest BCUT2D eigenvalue weighted by Gasteiger charge is 2.06. The molecule has 72 valence electrons. The fourth-order valence-corrected chi connectivity index (χ4v) is 0.661. The first-order valence-corrected chi connectivity index (χ1v) is 3.94. The second-order valence-corrected chi connectivity index (χ2v) is 3.02. The van der Waals surface area contributed by atoms with E-state index in [9.17, 15) is 4.79 Å². The van der Waals surface area contributed by atoms with Crippen molar-refractivity contribution >= 4 is 5.91 Å². The van der Waals surface area contributed by atoms with Gasteiger partial charge in [-0.25, -0.2) is 0 Å². The lowest BCUT2D eigenvalue weighted by Crippen LogP contribution is -2.45. The number of hydrogen-bond acceptors (Lipinski definition) is 4. The Hall–Kier alpha value is -0.650. The SMILES string of the molecule is CN(C)CCNCC(N)C(N)=O. The lowest BCUT2D eigenvalue weighted by Gasteiger charge is -2.12. The molecule has 0 aliphatic rings. The van der Waals surface area contributed by atoms with Gasteiger partial charge in [0.15, 0.2) is 0 Å². The van der Waals surface area contributed by atoms with Crippen LogP contribution in [0.1, 0.15) is 0 Å². The molecule has 0 fully saturated rings. The largest absolute Gasteiger partial charge is 0.368 e. The van der Waals surface area contributed by atoms with E-state index < -0.39 is 11.9 Å². The molecule has 0 saturated heterocycles. The average molecular weight is 174 g/mol. The molecule has 5 heteroatoms. The molecule has 1 amide bonds. The lowest BCUT2D eigenvalue weighted by molar-refractivity contribution is -0.119. The second-order valence-electron chi connectivity index (χ2n) is 3.02. The molecule has 0 aromatic rings. The van der Waals surface area contributed by atoms with Gasteiger partial charge in [0.05, 0.1) is 6.04 Å². The standard InChI is InChI=1S/C7H18N4O/c1-11(2)4-3-10-5-6(8)7(9)12/h6,10H,3-5,8H2,1-2H3,(H2,9,12). The quantitative estimate of drug-likeness (QED) is 0.405. The maximum atomic E-state index is 10.5. The van der Waals surface area contributed by atoms with E-state index in [0.29, 0.717) is 6.54 Å². The molecule has 0 aromatic carbocycles. The molecule has 0 rings (SSSR count). The summed E-state index contributed by atoms with van der Waals surface area (Å²) in [6.45, 7) is 2.18. The Morgan fingerprint density at radius 2 is 2.17 bits per heavy atom. The van der Waals surface area contributed by atoms with Crippen LogP contribution < -0.4 is 16.8 Å². The zero-order valence-corrected chi connectivity index (χ0v) is 7.71. The van der Waals surface area contributed by atoms with E-state index in [4.69, 9.17) is 11.5 Å². The summed E-state index contributed by atoms with van der Waals surface area (Å²) >= 11 is 0. The molecule has 0 bridgehead atoms. The van der Waals surface area contributed by atoms with Crippen LogP contribution in [0.3, 0.4) is 0 Å². The molecule has 0 aliphatic heterocycles. The molecule has 0 saturated carbocycles. The monoisotopic (exact) mass is 174 g/mol. The number of carbonyl (C=O) groups is 1. The van der Waals surface area contributed by atoms with Crippen molar-refractivity contribution in [3.05, 3.63) is 0 Å². The molecule has 0 radical (unpaired) electrons. The van der Waals surface area contributed by atoms with Gasteiger partial charge in [0.25, 0.3) is 0 Å². The maximum Gasteiger partial charge on any atom is 0.235 e. The van der Waals surface area contributed by atoms with Crippen molar-refractivity contribution in [2.75, 3.05) is 33.7 Å². The van der Waals surface area contributed by atoms with Gasteiger partial charge in [-0.1, -0.05) is 0 Å². The number of primary amides is 1. The van der Waals surface area contributed by atoms with Crippen molar-refractivity contribution in [2.24, 2.45) is 11.5 Å². The number of nitrogens with one attached hydrogen (secondary N) is 1. The lowest BCUT2D eigenvalue weighted by atomic mass is 10.3. The van der Waals surface area contributed by atoms with Crippen LogP contribution in [0.15, 0.2) is 0 Å². The third-order valence-corrected chi connectivity index (χ3v) is 1.47. The second kappa shape index (κ2) is 5.93. The van der Waals surface area contributed by atoms with Crippen molar-refractivity contribution in [3.63, 3.8) is 0 Å². The summed E-state index contributed by atoms with van der Waals surface area (Å²) in [4.78, 5) is 12.5. The summed E-state index contributed by atoms with van der Waals surface area (Å²) in [6, 6.07) is -0.577. The number of amides is 1. The summed E-state index contributed by atoms with van der Waals surface area (Å²) in [7, 11) is 3.96. The van der Waals surface area contributed by atoms with Crippen LogP contribution in [-0.4, -0.2) is 50.6 Å². The van der Waals surface area contributed by atoms with Gasteiger partial charge in [0.1, 0.15) is 0 Å². The van der Waals surface area contributed by atoms with Crippen LogP contribution in [-0.2, 0) is 4.79 Å². The van der Waals surface area contributed by atoms with E-state index in [1.54, 1.807) is 0 Å². The molecule has 1 atom stereocenters. The van der Waals surface area contributed by atoms with Gasteiger partial charge in [-0.05, 0) is 14.1 Å². The van der Waals surface area contributed by atoms with Gasteiger partial charge in [0.2, 0.25) is 5.91 Å². The fourth-order valence-electron chi connectivity index (χ4n) is 0.661. The topological polar surface area (TPSA) is 84.4 Å². The smallest absolute Gasteiger partial charge is 0.235 e. The predicted molar refractivity (Wildman–Crippen MR) is 48.6 cm³/mol. The van der Waals surface area contributed by atoms with Gasteiger partial charge in [-0.2, -0.15) is 0 Å². The number of rotatable bonds is 6. The van der Waals surface area contributed by atoms with E-state index in [1.165, 1.54) is 0 Å². The highest BCUT2D eigenvalue weighted by atomic mass is 16.1. The van der Waals surface area contributed by atoms with Crippen LogP contribution in [0.5, 0.6) is 0 Å². The van der Waals surface area contributed by atoms with Crippen LogP contribution in [0.25, 0.3) is 0 Å². The van der Waals surface area contributed by atoms with Gasteiger partial charge < -0.3 is 21.7 Å². The Bertz CT molecular complexity index is 137. The number of nitrogens with zero attached hydrogens (tertiary/aromatic N) is 1. The van der Waals surface area contributed by atoms with Crippen LogP contribution in [0.4, 0.5) is 0 Å². The highest BCUT2D eigenvalue weighted by molar-refractivity contribution is 5.79. The van der Waals surface area contributed by atoms with E-state index in [-0.39, 0.29) is 0 Å². The first-order valence-electron chi connectivity index (χ1n) is 3.94. The minimum atomic E-state index is -0.577. The molecule has 5 N–H and O–H groups in total. The Labute approximate surface area is 73.1 Å². The maximum absolute atomic E-state index is 10.5. The molecular weight excluding hydrogens is 156 g/mol. The molecular formula is C7H18N4O. The molecule has 1 unspecified atom stereocenters. The van der Waals surface area contributed by atoms with Gasteiger partial charge >= 0.3 is 0 Å². The minimum Gasteiger partial charge on any atom is -0.368 e. The van der Waals surface area contributed by atoms with Gasteiger partial charge in [-0.15, -0.1) is 0 Å². The predicted octanol–water partition coefficient (Wildman–Crippen LogP) is -2.05. The fraction of sp³-hybridized carbons (Fsp3) is 0.857. The average Bonchev–Trinajstić information content (AvgIpc) is 1.97. The zero-order valence-electron chi connectivity index (χ0n) is 7.71. The molecule has 0 aliphatic carbocycles. The first-order chi connectivity index (χ1) is 5.54. The third-order valence-electron chi connectivity index (χ3n) is 1.47. The van der Waals surface area contributed by atoms with E-state index >= 15 is 0 Å². The van der Waals surface area contributed by atoms with E-state index in [1.807, 2.05) is 19.0 Å². The Morgan fingerprint density at radius 3 is 2.58 bits per heavy atom. The Morgan fingerprint density at radius 1 is 1.58 bits per heavy atom. The third kappa shape index (κ3) is 6.09. The molecule has 0 aromatic heterocycles. The summed E-state index contributed by atoms with van der Waals surface area (Å²) in [5.41, 5.74) is 10.3. The minimum absolute atomic E-state index is 0.448. The molecule has 0 heterocycles. The molecule has 5 nitrogen and oxygen atoms in total. The van der Waals surface area contributed by atoms with Crippen LogP contribution in [0, 0.1) is 0 Å². The van der Waals surface area contributed by atoms with Crippen molar-refractivity contribution in [1.82, 2.24) is 10.2 Å². The van der Waals surface area contributed by atoms with Crippen LogP contribution >= 0.6 is 0 Å². The van der Waals surface area contributed by atoms with Crippen molar-refractivity contribution in [3.8, 4) is 0 Å². The first kappa shape index (κ1) is 11.4. The Kier molecular flexibility index (Phi) is 5.61. The van der Waals surface area contributed by atoms with Gasteiger partial charge in [-0.3, -0.25) is 4.79 Å². The normalized spacial score (nSPS) is 13.3. The highest BCUT2D eigenvalue weighted by Crippen LogP contribution is 1.74. The molecule has 0 spiro atoms. The summed E-state index contributed by atoms with van der Waals surface area (Å²) in [5.74, 6) is -0.465. The summed E-state index contributed by atoms with van der Waals surface area (Å²) in [5, 5.41) is 3.03. The van der Waals surface area contributed by atoms with Crippen molar-refractivity contribution < 1.29 is 4.79 Å². The van der Waals surface area contributed by atoms with E-state index in [2.05, 4.69) is 5.32 Å². The zero-order chi connectivity index (χ0) is 9.56. The number of nitrogens with two attached hydrogens (primary N) is 2. The summed E-state index contributed by atoms with van der Waals surface area (Å²) < 4.78 is 0. The summed E-state index contributed by atoms with van der Waals surface area (Å²) in [6.07, 6.45) is 0. The Balaban J connectivity index is 3.25. The number of carbonyl (C=O) groups excluding carboxylic acids is 1. The van der Waals surface area contributed by atoms with Crippen molar-refractivity contribution in [1.29, 1.82) is 0 Å². The van der Waals surface area contributed by atoms with Crippen LogP contribution in [0.2, 0.25) is 0 Å². The van der Waals surface area contributed by atoms with E-state index in [0.717, 1.165) is 13.1 Å². The number of hydrogen-bond donors (Lipinski definition) is 3. The number of likely N-dealkylation sites (N-methyl/N-ethyl adjacent to an activating group) is 1. The van der Waals surface area contributed by atoms with Crippen molar-refractivity contribution in [2.45, 2.75) is 6.04 Å². The molecule has 12 heavy (non-hydrogen) atoms.